The van der Waals surface area contributed by atoms with Gasteiger partial charge in [-0.15, -0.1) is 0 Å². The molecule has 18 heavy (non-hydrogen) atoms. The second kappa shape index (κ2) is 3.85. The van der Waals surface area contributed by atoms with Gasteiger partial charge in [0, 0.05) is 12.4 Å². The topological polar surface area (TPSA) is 30.7 Å². The van der Waals surface area contributed by atoms with Crippen LogP contribution in [0.4, 0.5) is 26.3 Å². The van der Waals surface area contributed by atoms with Crippen molar-refractivity contribution in [2.24, 2.45) is 0 Å². The smallest absolute Gasteiger partial charge is 0.264 e. The first-order valence-electron chi connectivity index (χ1n) is 4.63. The molecule has 0 spiro atoms. The Morgan fingerprint density at radius 1 is 1.11 bits per heavy atom. The van der Waals surface area contributed by atoms with Crippen LogP contribution in [0.1, 0.15) is 5.69 Å². The Kier molecular flexibility index (Phi) is 2.71. The van der Waals surface area contributed by atoms with Gasteiger partial charge in [0.25, 0.3) is 0 Å². The van der Waals surface area contributed by atoms with Crippen LogP contribution in [0, 0.1) is 0 Å². The molecule has 0 aliphatic carbocycles. The zero-order valence-corrected chi connectivity index (χ0v) is 8.55. The van der Waals surface area contributed by atoms with Crippen molar-refractivity contribution in [3.05, 3.63) is 24.2 Å². The Hall–Kier alpha value is -1.80. The highest BCUT2D eigenvalue weighted by atomic mass is 19.4. The number of aromatic nitrogens is 3. The summed E-state index contributed by atoms with van der Waals surface area (Å²) in [6.45, 7) is -1.58. The minimum atomic E-state index is -4.82. The van der Waals surface area contributed by atoms with E-state index >= 15 is 0 Å². The lowest BCUT2D eigenvalue weighted by Crippen LogP contribution is -2.19. The number of pyridine rings is 1. The number of hydrogen-bond donors (Lipinski definition) is 0. The second-order valence-electron chi connectivity index (χ2n) is 3.51. The Morgan fingerprint density at radius 2 is 1.78 bits per heavy atom. The SMILES string of the molecule is FC(F)(F)Cn1nc(C(F)(F)F)c2cnccc21. The van der Waals surface area contributed by atoms with Gasteiger partial charge in [-0.05, 0) is 6.07 Å². The molecular weight excluding hydrogens is 264 g/mol. The number of hydrogen-bond acceptors (Lipinski definition) is 2. The van der Waals surface area contributed by atoms with E-state index in [0.717, 1.165) is 18.5 Å². The molecular formula is C9H5F6N3. The largest absolute Gasteiger partial charge is 0.435 e. The molecule has 0 saturated heterocycles. The van der Waals surface area contributed by atoms with Crippen LogP contribution < -0.4 is 0 Å². The van der Waals surface area contributed by atoms with E-state index in [0.29, 0.717) is 0 Å². The first-order valence-corrected chi connectivity index (χ1v) is 4.63. The lowest BCUT2D eigenvalue weighted by molar-refractivity contribution is -0.148. The van der Waals surface area contributed by atoms with Crippen LogP contribution >= 0.6 is 0 Å². The fourth-order valence-electron chi connectivity index (χ4n) is 1.52. The summed E-state index contributed by atoms with van der Waals surface area (Å²) < 4.78 is 74.7. The third kappa shape index (κ3) is 2.39. The quantitative estimate of drug-likeness (QED) is 0.745. The van der Waals surface area contributed by atoms with E-state index in [1.165, 1.54) is 0 Å². The number of rotatable bonds is 1. The average Bonchev–Trinajstić information content (AvgIpc) is 2.55. The van der Waals surface area contributed by atoms with Crippen molar-refractivity contribution < 1.29 is 26.3 Å². The first-order chi connectivity index (χ1) is 8.18. The zero-order valence-electron chi connectivity index (χ0n) is 8.55. The van der Waals surface area contributed by atoms with Crippen LogP contribution in [0.15, 0.2) is 18.5 Å². The molecule has 0 saturated carbocycles. The van der Waals surface area contributed by atoms with Gasteiger partial charge in [-0.2, -0.15) is 31.4 Å². The van der Waals surface area contributed by atoms with Crippen molar-refractivity contribution in [1.82, 2.24) is 14.8 Å². The number of nitrogens with zero attached hydrogens (tertiary/aromatic N) is 3. The van der Waals surface area contributed by atoms with E-state index in [-0.39, 0.29) is 10.2 Å². The van der Waals surface area contributed by atoms with E-state index in [4.69, 9.17) is 0 Å². The Bertz CT molecular complexity index is 568. The van der Waals surface area contributed by atoms with Crippen molar-refractivity contribution in [3.63, 3.8) is 0 Å². The predicted molar refractivity (Wildman–Crippen MR) is 48.6 cm³/mol. The van der Waals surface area contributed by atoms with Crippen molar-refractivity contribution in [2.75, 3.05) is 0 Å². The Balaban J connectivity index is 2.62. The number of halogens is 6. The molecule has 0 radical (unpaired) electrons. The third-order valence-corrected chi connectivity index (χ3v) is 2.15. The molecule has 0 aliphatic heterocycles. The summed E-state index contributed by atoms with van der Waals surface area (Å²) >= 11 is 0. The van der Waals surface area contributed by atoms with E-state index < -0.39 is 30.0 Å². The molecule has 0 aliphatic rings. The van der Waals surface area contributed by atoms with Gasteiger partial charge in [0.05, 0.1) is 10.9 Å². The Morgan fingerprint density at radius 3 is 2.33 bits per heavy atom. The van der Waals surface area contributed by atoms with Gasteiger partial charge in [-0.25, -0.2) is 0 Å². The van der Waals surface area contributed by atoms with Gasteiger partial charge in [0.1, 0.15) is 6.54 Å². The maximum atomic E-state index is 12.6. The molecule has 98 valence electrons. The highest BCUT2D eigenvalue weighted by Gasteiger charge is 2.38. The summed E-state index contributed by atoms with van der Waals surface area (Å²) in [4.78, 5) is 3.46. The second-order valence-corrected chi connectivity index (χ2v) is 3.51. The summed E-state index contributed by atoms with van der Waals surface area (Å²) in [6.07, 6.45) is -7.52. The van der Waals surface area contributed by atoms with Crippen LogP contribution in [0.5, 0.6) is 0 Å². The van der Waals surface area contributed by atoms with E-state index in [2.05, 4.69) is 10.1 Å². The first kappa shape index (κ1) is 12.7. The molecule has 0 aromatic carbocycles. The lowest BCUT2D eigenvalue weighted by atomic mass is 10.2. The van der Waals surface area contributed by atoms with Gasteiger partial charge in [0.2, 0.25) is 0 Å². The highest BCUT2D eigenvalue weighted by Crippen LogP contribution is 2.34. The number of fused-ring (bicyclic) bond motifs is 1. The summed E-state index contributed by atoms with van der Waals surface area (Å²) in [5.41, 5.74) is -1.62. The monoisotopic (exact) mass is 269 g/mol. The third-order valence-electron chi connectivity index (χ3n) is 2.15. The van der Waals surface area contributed by atoms with Crippen molar-refractivity contribution >= 4 is 10.9 Å². The van der Waals surface area contributed by atoms with E-state index in [1.807, 2.05) is 0 Å². The van der Waals surface area contributed by atoms with Gasteiger partial charge in [-0.3, -0.25) is 9.67 Å². The van der Waals surface area contributed by atoms with Crippen LogP contribution in [-0.4, -0.2) is 20.9 Å². The minimum absolute atomic E-state index is 0.255. The summed E-state index contributed by atoms with van der Waals surface area (Å²) in [5, 5.41) is 2.53. The molecule has 2 aromatic rings. The van der Waals surface area contributed by atoms with Crippen LogP contribution in [0.2, 0.25) is 0 Å². The molecule has 2 rings (SSSR count). The van der Waals surface area contributed by atoms with Crippen molar-refractivity contribution in [3.8, 4) is 0 Å². The van der Waals surface area contributed by atoms with E-state index in [1.54, 1.807) is 0 Å². The maximum absolute atomic E-state index is 12.6. The summed E-state index contributed by atoms with van der Waals surface area (Å²) in [5.74, 6) is 0. The fraction of sp³-hybridized carbons (Fsp3) is 0.333. The summed E-state index contributed by atoms with van der Waals surface area (Å²) in [6, 6.07) is 1.06. The van der Waals surface area contributed by atoms with Crippen LogP contribution in [0.25, 0.3) is 10.9 Å². The molecule has 0 bridgehead atoms. The number of alkyl halides is 6. The normalized spacial score (nSPS) is 13.2. The lowest BCUT2D eigenvalue weighted by Gasteiger charge is -2.07. The van der Waals surface area contributed by atoms with Crippen molar-refractivity contribution in [1.29, 1.82) is 0 Å². The van der Waals surface area contributed by atoms with Gasteiger partial charge in [0.15, 0.2) is 5.69 Å². The summed E-state index contributed by atoms with van der Waals surface area (Å²) in [7, 11) is 0. The fourth-order valence-corrected chi connectivity index (χ4v) is 1.52. The molecule has 2 heterocycles. The van der Waals surface area contributed by atoms with Gasteiger partial charge < -0.3 is 0 Å². The van der Waals surface area contributed by atoms with Crippen LogP contribution in [-0.2, 0) is 12.7 Å². The minimum Gasteiger partial charge on any atom is -0.264 e. The predicted octanol–water partition coefficient (Wildman–Crippen LogP) is 3.01. The molecule has 0 fully saturated rings. The molecule has 0 atom stereocenters. The molecule has 9 heteroatoms. The van der Waals surface area contributed by atoms with Gasteiger partial charge in [-0.1, -0.05) is 0 Å². The molecule has 3 nitrogen and oxygen atoms in total. The molecule has 0 N–H and O–H groups in total. The van der Waals surface area contributed by atoms with E-state index in [9.17, 15) is 26.3 Å². The Labute approximate surface area is 96.0 Å². The molecule has 0 amide bonds. The highest BCUT2D eigenvalue weighted by molar-refractivity contribution is 5.81. The zero-order chi connectivity index (χ0) is 13.6. The van der Waals surface area contributed by atoms with Crippen LogP contribution in [0.3, 0.4) is 0 Å². The van der Waals surface area contributed by atoms with Crippen molar-refractivity contribution in [2.45, 2.75) is 18.9 Å². The molecule has 2 aromatic heterocycles. The van der Waals surface area contributed by atoms with Gasteiger partial charge >= 0.3 is 12.4 Å². The molecule has 0 unspecified atom stereocenters. The maximum Gasteiger partial charge on any atom is 0.435 e. The standard InChI is InChI=1S/C9H5F6N3/c10-8(11,12)4-18-6-1-2-16-3-5(6)7(17-18)9(13,14)15/h1-3H,4H2. The average molecular weight is 269 g/mol.